The number of nitrogens with zero attached hydrogens (tertiary/aromatic N) is 1. The third kappa shape index (κ3) is 3.20. The number of nitrogens with two attached hydrogens (primary N) is 1. The first-order valence-corrected chi connectivity index (χ1v) is 5.91. The lowest BCUT2D eigenvalue weighted by atomic mass is 9.86. The van der Waals surface area contributed by atoms with Crippen LogP contribution in [0.15, 0.2) is 18.2 Å². The van der Waals surface area contributed by atoms with E-state index in [1.165, 1.54) is 0 Å². The normalized spacial score (nSPS) is 14.9. The van der Waals surface area contributed by atoms with E-state index >= 15 is 0 Å². The van der Waals surface area contributed by atoms with Crippen molar-refractivity contribution in [1.29, 1.82) is 0 Å². The predicted molar refractivity (Wildman–Crippen MR) is 66.6 cm³/mol. The van der Waals surface area contributed by atoms with Gasteiger partial charge in [0.25, 0.3) is 0 Å². The lowest BCUT2D eigenvalue weighted by Gasteiger charge is -2.24. The maximum absolute atomic E-state index is 6.01. The number of rotatable bonds is 5. The van der Waals surface area contributed by atoms with Crippen LogP contribution >= 0.6 is 0 Å². The van der Waals surface area contributed by atoms with Gasteiger partial charge in [-0.1, -0.05) is 19.9 Å². The van der Waals surface area contributed by atoms with Gasteiger partial charge in [0.15, 0.2) is 0 Å². The first kappa shape index (κ1) is 13.0. The van der Waals surface area contributed by atoms with Gasteiger partial charge in [-0.2, -0.15) is 0 Å². The number of hydrogen-bond donors (Lipinski definition) is 1. The van der Waals surface area contributed by atoms with Gasteiger partial charge in [0.2, 0.25) is 5.88 Å². The lowest BCUT2D eigenvalue weighted by molar-refractivity contribution is 0.322. The molecule has 16 heavy (non-hydrogen) atoms. The maximum Gasteiger partial charge on any atom is 0.213 e. The summed E-state index contributed by atoms with van der Waals surface area (Å²) in [7, 11) is 0. The van der Waals surface area contributed by atoms with Gasteiger partial charge in [0.05, 0.1) is 6.61 Å². The molecule has 0 aliphatic heterocycles. The van der Waals surface area contributed by atoms with E-state index in [-0.39, 0.29) is 12.0 Å². The van der Waals surface area contributed by atoms with Gasteiger partial charge in [0.1, 0.15) is 0 Å². The zero-order valence-electron chi connectivity index (χ0n) is 10.6. The van der Waals surface area contributed by atoms with Gasteiger partial charge in [-0.25, -0.2) is 4.98 Å². The van der Waals surface area contributed by atoms with E-state index in [0.717, 1.165) is 5.69 Å². The summed E-state index contributed by atoms with van der Waals surface area (Å²) in [4.78, 5) is 4.50. The summed E-state index contributed by atoms with van der Waals surface area (Å²) in [6.07, 6.45) is 0. The van der Waals surface area contributed by atoms with Crippen LogP contribution in [0.5, 0.6) is 5.88 Å². The third-order valence-electron chi connectivity index (χ3n) is 2.66. The molecule has 0 aliphatic rings. The fraction of sp³-hybridized carbons (Fsp3) is 0.615. The summed E-state index contributed by atoms with van der Waals surface area (Å²) in [5, 5.41) is 0. The van der Waals surface area contributed by atoms with Crippen molar-refractivity contribution in [2.75, 3.05) is 6.61 Å². The Kier molecular flexibility index (Phi) is 4.74. The van der Waals surface area contributed by atoms with Crippen LogP contribution in [0.2, 0.25) is 0 Å². The molecular weight excluding hydrogens is 200 g/mol. The van der Waals surface area contributed by atoms with Crippen molar-refractivity contribution >= 4 is 0 Å². The van der Waals surface area contributed by atoms with Gasteiger partial charge in [-0.05, 0) is 25.8 Å². The Morgan fingerprint density at radius 2 is 2.00 bits per heavy atom. The molecule has 0 bridgehead atoms. The molecule has 90 valence electrons. The van der Waals surface area contributed by atoms with Crippen molar-refractivity contribution < 1.29 is 4.74 Å². The molecule has 1 aromatic heterocycles. The molecule has 1 aromatic rings. The quantitative estimate of drug-likeness (QED) is 0.833. The molecular formula is C13H22N2O. The molecule has 0 saturated heterocycles. The van der Waals surface area contributed by atoms with E-state index in [2.05, 4.69) is 18.8 Å². The topological polar surface area (TPSA) is 48.1 Å². The Balaban J connectivity index is 2.95. The van der Waals surface area contributed by atoms with Crippen LogP contribution in [0.25, 0.3) is 0 Å². The van der Waals surface area contributed by atoms with E-state index in [1.807, 2.05) is 32.0 Å². The van der Waals surface area contributed by atoms with Crippen LogP contribution in [-0.4, -0.2) is 17.6 Å². The molecule has 3 heteroatoms. The minimum atomic E-state index is 0.101. The van der Waals surface area contributed by atoms with E-state index in [0.29, 0.717) is 18.4 Å². The Labute approximate surface area is 98.0 Å². The van der Waals surface area contributed by atoms with E-state index in [4.69, 9.17) is 10.5 Å². The molecule has 2 atom stereocenters. The molecule has 0 aromatic carbocycles. The molecule has 0 fully saturated rings. The number of ether oxygens (including phenoxy) is 1. The molecule has 2 N–H and O–H groups in total. The van der Waals surface area contributed by atoms with Crippen molar-refractivity contribution in [3.05, 3.63) is 23.9 Å². The molecule has 0 radical (unpaired) electrons. The van der Waals surface area contributed by atoms with Crippen LogP contribution < -0.4 is 10.5 Å². The monoisotopic (exact) mass is 222 g/mol. The summed E-state index contributed by atoms with van der Waals surface area (Å²) in [5.74, 6) is 1.44. The molecule has 3 nitrogen and oxygen atoms in total. The zero-order chi connectivity index (χ0) is 12.1. The summed E-state index contributed by atoms with van der Waals surface area (Å²) in [5.41, 5.74) is 7.04. The molecule has 1 heterocycles. The second-order valence-corrected chi connectivity index (χ2v) is 4.46. The number of pyridine rings is 1. The lowest BCUT2D eigenvalue weighted by Crippen LogP contribution is -2.29. The van der Waals surface area contributed by atoms with E-state index < -0.39 is 0 Å². The highest BCUT2D eigenvalue weighted by Gasteiger charge is 2.21. The molecule has 1 rings (SSSR count). The van der Waals surface area contributed by atoms with Gasteiger partial charge in [-0.3, -0.25) is 0 Å². The summed E-state index contributed by atoms with van der Waals surface area (Å²) in [6.45, 7) is 8.96. The predicted octanol–water partition coefficient (Wildman–Crippen LogP) is 2.57. The Morgan fingerprint density at radius 3 is 2.50 bits per heavy atom. The van der Waals surface area contributed by atoms with Crippen molar-refractivity contribution in [2.24, 2.45) is 11.7 Å². The molecule has 2 unspecified atom stereocenters. The SMILES string of the molecule is CCOc1cccc(C(C(C)C)C(C)N)n1. The van der Waals surface area contributed by atoms with Crippen LogP contribution in [0.3, 0.4) is 0 Å². The Hall–Kier alpha value is -1.09. The minimum absolute atomic E-state index is 0.101. The summed E-state index contributed by atoms with van der Waals surface area (Å²) >= 11 is 0. The first-order chi connectivity index (χ1) is 7.56. The number of aromatic nitrogens is 1. The fourth-order valence-corrected chi connectivity index (χ4v) is 2.06. The molecule has 0 spiro atoms. The fourth-order valence-electron chi connectivity index (χ4n) is 2.06. The standard InChI is InChI=1S/C13H22N2O/c1-5-16-12-8-6-7-11(15-12)13(9(2)3)10(4)14/h6-10,13H,5,14H2,1-4H3. The average molecular weight is 222 g/mol. The van der Waals surface area contributed by atoms with Crippen molar-refractivity contribution in [2.45, 2.75) is 39.7 Å². The van der Waals surface area contributed by atoms with Crippen molar-refractivity contribution in [1.82, 2.24) is 4.98 Å². The highest BCUT2D eigenvalue weighted by Crippen LogP contribution is 2.26. The third-order valence-corrected chi connectivity index (χ3v) is 2.66. The van der Waals surface area contributed by atoms with Crippen LogP contribution in [0.4, 0.5) is 0 Å². The Morgan fingerprint density at radius 1 is 1.31 bits per heavy atom. The van der Waals surface area contributed by atoms with Gasteiger partial charge in [0, 0.05) is 23.7 Å². The zero-order valence-corrected chi connectivity index (χ0v) is 10.6. The largest absolute Gasteiger partial charge is 0.478 e. The van der Waals surface area contributed by atoms with E-state index in [1.54, 1.807) is 0 Å². The Bertz CT molecular complexity index is 315. The van der Waals surface area contributed by atoms with Gasteiger partial charge in [-0.15, -0.1) is 0 Å². The van der Waals surface area contributed by atoms with E-state index in [9.17, 15) is 0 Å². The van der Waals surface area contributed by atoms with Crippen LogP contribution in [0.1, 0.15) is 39.3 Å². The first-order valence-electron chi connectivity index (χ1n) is 5.91. The van der Waals surface area contributed by atoms with Crippen molar-refractivity contribution in [3.8, 4) is 5.88 Å². The highest BCUT2D eigenvalue weighted by atomic mass is 16.5. The number of hydrogen-bond acceptors (Lipinski definition) is 3. The highest BCUT2D eigenvalue weighted by molar-refractivity contribution is 5.20. The summed E-state index contributed by atoms with van der Waals surface area (Å²) < 4.78 is 5.40. The smallest absolute Gasteiger partial charge is 0.213 e. The molecule has 0 saturated carbocycles. The molecule has 0 aliphatic carbocycles. The van der Waals surface area contributed by atoms with Crippen molar-refractivity contribution in [3.63, 3.8) is 0 Å². The summed E-state index contributed by atoms with van der Waals surface area (Å²) in [6, 6.07) is 5.98. The maximum atomic E-state index is 6.01. The average Bonchev–Trinajstić information content (AvgIpc) is 2.17. The second-order valence-electron chi connectivity index (χ2n) is 4.46. The van der Waals surface area contributed by atoms with Crippen LogP contribution in [0, 0.1) is 5.92 Å². The second kappa shape index (κ2) is 5.85. The molecule has 0 amide bonds. The van der Waals surface area contributed by atoms with Gasteiger partial charge < -0.3 is 10.5 Å². The minimum Gasteiger partial charge on any atom is -0.478 e. The van der Waals surface area contributed by atoms with Gasteiger partial charge >= 0.3 is 0 Å². The van der Waals surface area contributed by atoms with Crippen LogP contribution in [-0.2, 0) is 0 Å².